The molecule has 1 aromatic carbocycles. The third kappa shape index (κ3) is 2.69. The van der Waals surface area contributed by atoms with Crippen LogP contribution in [0.15, 0.2) is 35.1 Å². The highest BCUT2D eigenvalue weighted by Gasteiger charge is 2.23. The highest BCUT2D eigenvalue weighted by molar-refractivity contribution is 6.13. The first-order chi connectivity index (χ1) is 9.67. The Hall–Kier alpha value is -2.63. The first-order valence-corrected chi connectivity index (χ1v) is 5.97. The number of carbonyl (C=O) groups excluding carboxylic acids is 2. The molecule has 0 spiro atoms. The van der Waals surface area contributed by atoms with Crippen molar-refractivity contribution in [3.63, 3.8) is 0 Å². The van der Waals surface area contributed by atoms with E-state index in [-0.39, 0.29) is 23.6 Å². The minimum Gasteiger partial charge on any atom is -0.497 e. The Bertz CT molecular complexity index is 615. The monoisotopic (exact) mass is 275 g/mol. The molecule has 0 aliphatic carbocycles. The second-order valence-corrected chi connectivity index (χ2v) is 3.85. The molecule has 0 bridgehead atoms. The number of methoxy groups -OCH3 is 1. The summed E-state index contributed by atoms with van der Waals surface area (Å²) >= 11 is 0. The van der Waals surface area contributed by atoms with Crippen LogP contribution in [0.5, 0.6) is 5.75 Å². The lowest BCUT2D eigenvalue weighted by atomic mass is 10.0. The van der Waals surface area contributed by atoms with Gasteiger partial charge < -0.3 is 14.0 Å². The van der Waals surface area contributed by atoms with Gasteiger partial charge in [-0.3, -0.25) is 4.79 Å². The molecule has 0 radical (unpaired) electrons. The first-order valence-electron chi connectivity index (χ1n) is 5.97. The molecular weight excluding hydrogens is 262 g/mol. The standard InChI is InChI=1S/C14H13NO5/c1-3-19-14(17)12-11(8-20-15-12)13(16)9-4-6-10(18-2)7-5-9/h4-8H,3H2,1-2H3. The minimum absolute atomic E-state index is 0.0774. The molecule has 0 saturated heterocycles. The first kappa shape index (κ1) is 13.8. The molecule has 0 aliphatic rings. The van der Waals surface area contributed by atoms with Crippen LogP contribution >= 0.6 is 0 Å². The molecule has 0 fully saturated rings. The molecule has 6 nitrogen and oxygen atoms in total. The fourth-order valence-electron chi connectivity index (χ4n) is 1.64. The maximum atomic E-state index is 12.3. The van der Waals surface area contributed by atoms with Gasteiger partial charge in [-0.05, 0) is 31.2 Å². The Kier molecular flexibility index (Phi) is 4.14. The van der Waals surface area contributed by atoms with Crippen LogP contribution in [-0.4, -0.2) is 30.6 Å². The molecule has 1 heterocycles. The number of benzene rings is 1. The van der Waals surface area contributed by atoms with Gasteiger partial charge in [0, 0.05) is 5.56 Å². The van der Waals surface area contributed by atoms with Crippen molar-refractivity contribution in [2.24, 2.45) is 0 Å². The van der Waals surface area contributed by atoms with Gasteiger partial charge in [-0.15, -0.1) is 0 Å². The third-order valence-corrected chi connectivity index (χ3v) is 2.64. The van der Waals surface area contributed by atoms with Crippen LogP contribution in [-0.2, 0) is 4.74 Å². The smallest absolute Gasteiger partial charge is 0.361 e. The predicted molar refractivity (Wildman–Crippen MR) is 68.9 cm³/mol. The maximum absolute atomic E-state index is 12.3. The summed E-state index contributed by atoms with van der Waals surface area (Å²) in [6, 6.07) is 6.52. The zero-order chi connectivity index (χ0) is 14.5. The number of hydrogen-bond acceptors (Lipinski definition) is 6. The second-order valence-electron chi connectivity index (χ2n) is 3.85. The molecule has 0 atom stereocenters. The topological polar surface area (TPSA) is 78.6 Å². The zero-order valence-electron chi connectivity index (χ0n) is 11.1. The SMILES string of the molecule is CCOC(=O)c1nocc1C(=O)c1ccc(OC)cc1. The van der Waals surface area contributed by atoms with Gasteiger partial charge in [0.25, 0.3) is 0 Å². The Labute approximate surface area is 115 Å². The zero-order valence-corrected chi connectivity index (χ0v) is 11.1. The molecule has 6 heteroatoms. The molecule has 20 heavy (non-hydrogen) atoms. The summed E-state index contributed by atoms with van der Waals surface area (Å²) in [7, 11) is 1.54. The highest BCUT2D eigenvalue weighted by Crippen LogP contribution is 2.17. The number of ether oxygens (including phenoxy) is 2. The van der Waals surface area contributed by atoms with E-state index in [1.807, 2.05) is 0 Å². The van der Waals surface area contributed by atoms with Crippen molar-refractivity contribution in [3.05, 3.63) is 47.3 Å². The van der Waals surface area contributed by atoms with Crippen LogP contribution in [0.25, 0.3) is 0 Å². The van der Waals surface area contributed by atoms with E-state index in [9.17, 15) is 9.59 Å². The molecule has 0 N–H and O–H groups in total. The molecule has 0 aliphatic heterocycles. The van der Waals surface area contributed by atoms with Gasteiger partial charge in [0.15, 0.2) is 5.78 Å². The van der Waals surface area contributed by atoms with Gasteiger partial charge in [-0.2, -0.15) is 0 Å². The average molecular weight is 275 g/mol. The molecule has 0 unspecified atom stereocenters. The fraction of sp³-hybridized carbons (Fsp3) is 0.214. The number of carbonyl (C=O) groups is 2. The van der Waals surface area contributed by atoms with E-state index in [0.717, 1.165) is 6.26 Å². The number of esters is 1. The molecule has 1 aromatic heterocycles. The van der Waals surface area contributed by atoms with Crippen LogP contribution in [0.4, 0.5) is 0 Å². The number of nitrogens with zero attached hydrogens (tertiary/aromatic N) is 1. The van der Waals surface area contributed by atoms with Crippen LogP contribution in [0, 0.1) is 0 Å². The van der Waals surface area contributed by atoms with Crippen LogP contribution < -0.4 is 4.74 Å². The summed E-state index contributed by atoms with van der Waals surface area (Å²) in [5.74, 6) is -0.410. The van der Waals surface area contributed by atoms with Gasteiger partial charge in [-0.25, -0.2) is 4.79 Å². The Morgan fingerprint density at radius 1 is 1.25 bits per heavy atom. The third-order valence-electron chi connectivity index (χ3n) is 2.64. The van der Waals surface area contributed by atoms with Crippen molar-refractivity contribution >= 4 is 11.8 Å². The van der Waals surface area contributed by atoms with Crippen LogP contribution in [0.1, 0.15) is 33.3 Å². The summed E-state index contributed by atoms with van der Waals surface area (Å²) in [6.45, 7) is 1.87. The minimum atomic E-state index is -0.682. The van der Waals surface area contributed by atoms with Crippen molar-refractivity contribution in [1.82, 2.24) is 5.16 Å². The summed E-state index contributed by atoms with van der Waals surface area (Å²) < 4.78 is 14.5. The Morgan fingerprint density at radius 3 is 2.55 bits per heavy atom. The fourth-order valence-corrected chi connectivity index (χ4v) is 1.64. The number of rotatable bonds is 5. The van der Waals surface area contributed by atoms with E-state index >= 15 is 0 Å². The summed E-state index contributed by atoms with van der Waals surface area (Å²) in [5.41, 5.74) is 0.362. The Balaban J connectivity index is 2.29. The van der Waals surface area contributed by atoms with E-state index in [2.05, 4.69) is 5.16 Å². The van der Waals surface area contributed by atoms with Gasteiger partial charge >= 0.3 is 5.97 Å². The van der Waals surface area contributed by atoms with E-state index in [1.165, 1.54) is 7.11 Å². The number of aromatic nitrogens is 1. The lowest BCUT2D eigenvalue weighted by molar-refractivity contribution is 0.0512. The summed E-state index contributed by atoms with van der Waals surface area (Å²) in [6.07, 6.45) is 1.14. The molecule has 2 aromatic rings. The predicted octanol–water partition coefficient (Wildman–Crippen LogP) is 2.09. The van der Waals surface area contributed by atoms with Crippen molar-refractivity contribution < 1.29 is 23.6 Å². The normalized spacial score (nSPS) is 10.1. The van der Waals surface area contributed by atoms with Crippen molar-refractivity contribution in [2.45, 2.75) is 6.92 Å². The summed E-state index contributed by atoms with van der Waals surface area (Å²) in [5, 5.41) is 3.52. The molecule has 0 amide bonds. The number of hydrogen-bond donors (Lipinski definition) is 0. The van der Waals surface area contributed by atoms with Crippen LogP contribution in [0.2, 0.25) is 0 Å². The second kappa shape index (κ2) is 6.01. The van der Waals surface area contributed by atoms with Crippen LogP contribution in [0.3, 0.4) is 0 Å². The van der Waals surface area contributed by atoms with E-state index in [0.29, 0.717) is 11.3 Å². The highest BCUT2D eigenvalue weighted by atomic mass is 16.5. The molecule has 2 rings (SSSR count). The van der Waals surface area contributed by atoms with Gasteiger partial charge in [0.2, 0.25) is 5.69 Å². The molecule has 104 valence electrons. The number of ketones is 1. The van der Waals surface area contributed by atoms with Gasteiger partial charge in [0.1, 0.15) is 12.0 Å². The van der Waals surface area contributed by atoms with Crippen molar-refractivity contribution in [2.75, 3.05) is 13.7 Å². The van der Waals surface area contributed by atoms with E-state index in [1.54, 1.807) is 31.2 Å². The maximum Gasteiger partial charge on any atom is 0.361 e. The Morgan fingerprint density at radius 2 is 1.95 bits per heavy atom. The largest absolute Gasteiger partial charge is 0.497 e. The van der Waals surface area contributed by atoms with Gasteiger partial charge in [0.05, 0.1) is 19.3 Å². The quantitative estimate of drug-likeness (QED) is 0.614. The lowest BCUT2D eigenvalue weighted by Gasteiger charge is -2.03. The van der Waals surface area contributed by atoms with Gasteiger partial charge in [-0.1, -0.05) is 5.16 Å². The van der Waals surface area contributed by atoms with E-state index in [4.69, 9.17) is 14.0 Å². The lowest BCUT2D eigenvalue weighted by Crippen LogP contribution is -2.11. The summed E-state index contributed by atoms with van der Waals surface area (Å²) in [4.78, 5) is 23.9. The molecule has 0 saturated carbocycles. The molecular formula is C14H13NO5. The average Bonchev–Trinajstić information content (AvgIpc) is 2.96. The van der Waals surface area contributed by atoms with E-state index < -0.39 is 5.97 Å². The van der Waals surface area contributed by atoms with Crippen molar-refractivity contribution in [3.8, 4) is 5.75 Å². The van der Waals surface area contributed by atoms with Crippen molar-refractivity contribution in [1.29, 1.82) is 0 Å².